The number of hydrogen-bond acceptors (Lipinski definition) is 6. The van der Waals surface area contributed by atoms with Gasteiger partial charge in [0, 0.05) is 4.47 Å². The zero-order valence-electron chi connectivity index (χ0n) is 12.2. The molecule has 0 unspecified atom stereocenters. The predicted octanol–water partition coefficient (Wildman–Crippen LogP) is 2.64. The highest BCUT2D eigenvalue weighted by molar-refractivity contribution is 9.10. The molecule has 0 aromatic heterocycles. The molecule has 0 spiro atoms. The first-order valence-corrected chi connectivity index (χ1v) is 7.47. The lowest BCUT2D eigenvalue weighted by Crippen LogP contribution is -2.39. The van der Waals surface area contributed by atoms with E-state index < -0.39 is 17.8 Å². The summed E-state index contributed by atoms with van der Waals surface area (Å²) in [5.41, 5.74) is -0.259. The Bertz CT molecular complexity index is 694. The molecule has 23 heavy (non-hydrogen) atoms. The minimum absolute atomic E-state index is 0.0362. The highest BCUT2D eigenvalue weighted by atomic mass is 79.9. The monoisotopic (exact) mass is 407 g/mol. The van der Waals surface area contributed by atoms with Crippen LogP contribution in [-0.4, -0.2) is 39.5 Å². The molecule has 1 aliphatic rings. The molecule has 0 saturated carbocycles. The highest BCUT2D eigenvalue weighted by Crippen LogP contribution is 2.34. The van der Waals surface area contributed by atoms with Crippen LogP contribution >= 0.6 is 27.5 Å². The van der Waals surface area contributed by atoms with Crippen LogP contribution in [0.1, 0.15) is 0 Å². The number of carbonyl (C=O) groups excluding carboxylic acids is 2. The van der Waals surface area contributed by atoms with E-state index in [1.165, 1.54) is 24.1 Å². The first kappa shape index (κ1) is 17.7. The van der Waals surface area contributed by atoms with Gasteiger partial charge in [0.25, 0.3) is 0 Å². The van der Waals surface area contributed by atoms with Crippen LogP contribution < -0.4 is 4.90 Å². The van der Waals surface area contributed by atoms with Crippen molar-refractivity contribution in [3.63, 3.8) is 0 Å². The van der Waals surface area contributed by atoms with E-state index in [-0.39, 0.29) is 35.3 Å². The van der Waals surface area contributed by atoms with E-state index in [1.54, 1.807) is 0 Å². The third-order valence-electron chi connectivity index (χ3n) is 3.10. The molecule has 9 heteroatoms. The third kappa shape index (κ3) is 3.49. The summed E-state index contributed by atoms with van der Waals surface area (Å²) in [6.07, 6.45) is 0. The number of carbonyl (C=O) groups is 2. The highest BCUT2D eigenvalue weighted by Gasteiger charge is 2.34. The Balaban J connectivity index is 2.65. The maximum atomic E-state index is 14.4. The fourth-order valence-corrected chi connectivity index (χ4v) is 2.86. The number of anilines is 1. The molecule has 0 aliphatic carbocycles. The van der Waals surface area contributed by atoms with Crippen molar-refractivity contribution < 1.29 is 28.2 Å². The summed E-state index contributed by atoms with van der Waals surface area (Å²) in [6, 6.07) is 2.78. The minimum Gasteiger partial charge on any atom is -0.466 e. The lowest BCUT2D eigenvalue weighted by atomic mass is 10.1. The maximum Gasteiger partial charge on any atom is 0.355 e. The Morgan fingerprint density at radius 3 is 2.57 bits per heavy atom. The van der Waals surface area contributed by atoms with Gasteiger partial charge in [-0.25, -0.2) is 14.0 Å². The number of ether oxygens (including phenoxy) is 3. The van der Waals surface area contributed by atoms with Crippen molar-refractivity contribution in [2.24, 2.45) is 0 Å². The third-order valence-corrected chi connectivity index (χ3v) is 3.83. The normalized spacial score (nSPS) is 14.7. The molecule has 1 heterocycles. The molecule has 0 fully saturated rings. The second kappa shape index (κ2) is 7.29. The number of esters is 2. The van der Waals surface area contributed by atoms with Gasteiger partial charge in [0.1, 0.15) is 12.4 Å². The van der Waals surface area contributed by atoms with Gasteiger partial charge in [0.15, 0.2) is 5.82 Å². The van der Waals surface area contributed by atoms with Crippen molar-refractivity contribution in [1.29, 1.82) is 0 Å². The van der Waals surface area contributed by atoms with Crippen LogP contribution in [0.3, 0.4) is 0 Å². The van der Waals surface area contributed by atoms with Gasteiger partial charge in [-0.05, 0) is 12.1 Å². The van der Waals surface area contributed by atoms with E-state index in [9.17, 15) is 14.0 Å². The summed E-state index contributed by atoms with van der Waals surface area (Å²) >= 11 is 9.03. The number of halogens is 3. The average molecular weight is 409 g/mol. The molecule has 0 atom stereocenters. The molecule has 1 aromatic rings. The summed E-state index contributed by atoms with van der Waals surface area (Å²) in [4.78, 5) is 25.2. The molecule has 0 bridgehead atoms. The van der Waals surface area contributed by atoms with Gasteiger partial charge in [-0.1, -0.05) is 27.5 Å². The smallest absolute Gasteiger partial charge is 0.355 e. The molecule has 0 radical (unpaired) electrons. The van der Waals surface area contributed by atoms with Crippen molar-refractivity contribution in [3.8, 4) is 0 Å². The largest absolute Gasteiger partial charge is 0.466 e. The van der Waals surface area contributed by atoms with Gasteiger partial charge in [0.2, 0.25) is 0 Å². The maximum absolute atomic E-state index is 14.4. The number of hydrogen-bond donors (Lipinski definition) is 0. The second-order valence-corrected chi connectivity index (χ2v) is 5.76. The summed E-state index contributed by atoms with van der Waals surface area (Å²) in [6.45, 7) is -0.314. The molecule has 0 amide bonds. The topological polar surface area (TPSA) is 65.1 Å². The minimum atomic E-state index is -0.816. The van der Waals surface area contributed by atoms with Gasteiger partial charge in [-0.2, -0.15) is 0 Å². The summed E-state index contributed by atoms with van der Waals surface area (Å²) in [5.74, 6) is -2.34. The molecule has 2 rings (SSSR count). The van der Waals surface area contributed by atoms with Gasteiger partial charge in [-0.3, -0.25) is 0 Å². The van der Waals surface area contributed by atoms with Crippen molar-refractivity contribution >= 4 is 45.2 Å². The first-order valence-electron chi connectivity index (χ1n) is 6.30. The van der Waals surface area contributed by atoms with Crippen molar-refractivity contribution in [1.82, 2.24) is 0 Å². The summed E-state index contributed by atoms with van der Waals surface area (Å²) in [7, 11) is 2.32. The predicted molar refractivity (Wildman–Crippen MR) is 83.5 cm³/mol. The van der Waals surface area contributed by atoms with E-state index in [0.29, 0.717) is 4.47 Å². The van der Waals surface area contributed by atoms with E-state index in [4.69, 9.17) is 21.1 Å². The fourth-order valence-electron chi connectivity index (χ4n) is 2.07. The zero-order valence-corrected chi connectivity index (χ0v) is 14.5. The Labute approximate surface area is 144 Å². The van der Waals surface area contributed by atoms with Gasteiger partial charge < -0.3 is 19.1 Å². The van der Waals surface area contributed by atoms with Crippen molar-refractivity contribution in [2.45, 2.75) is 0 Å². The van der Waals surface area contributed by atoms with Gasteiger partial charge in [-0.15, -0.1) is 0 Å². The standard InChI is InChI=1S/C14H12BrClFNO5/c1-21-13(19)8-5-23-6-18(12(8)14(20)22-2)10-4-7(15)3-9(16)11(10)17/h3-4H,5-6H2,1-2H3. The summed E-state index contributed by atoms with van der Waals surface area (Å²) in [5, 5.41) is -0.149. The molecule has 0 saturated heterocycles. The van der Waals surface area contributed by atoms with Crippen LogP contribution in [0.2, 0.25) is 5.02 Å². The van der Waals surface area contributed by atoms with Crippen molar-refractivity contribution in [3.05, 3.63) is 38.7 Å². The van der Waals surface area contributed by atoms with Crippen LogP contribution in [0.4, 0.5) is 10.1 Å². The second-order valence-electron chi connectivity index (χ2n) is 4.44. The quantitative estimate of drug-likeness (QED) is 0.566. The Morgan fingerprint density at radius 2 is 1.96 bits per heavy atom. The molecule has 6 nitrogen and oxygen atoms in total. The number of benzene rings is 1. The van der Waals surface area contributed by atoms with E-state index >= 15 is 0 Å². The van der Waals surface area contributed by atoms with E-state index in [2.05, 4.69) is 20.7 Å². The van der Waals surface area contributed by atoms with E-state index in [1.807, 2.05) is 0 Å². The molecular weight excluding hydrogens is 397 g/mol. The lowest BCUT2D eigenvalue weighted by molar-refractivity contribution is -0.140. The molecule has 1 aliphatic heterocycles. The fraction of sp³-hybridized carbons (Fsp3) is 0.286. The first-order chi connectivity index (χ1) is 10.9. The van der Waals surface area contributed by atoms with Crippen LogP contribution in [0.25, 0.3) is 0 Å². The SMILES string of the molecule is COC(=O)C1=C(C(=O)OC)N(c2cc(Br)cc(Cl)c2F)COC1. The van der Waals surface area contributed by atoms with Crippen LogP contribution in [0.5, 0.6) is 0 Å². The van der Waals surface area contributed by atoms with Crippen molar-refractivity contribution in [2.75, 3.05) is 32.5 Å². The molecule has 124 valence electrons. The van der Waals surface area contributed by atoms with Crippen LogP contribution in [-0.2, 0) is 23.8 Å². The molecular formula is C14H12BrClFNO5. The van der Waals surface area contributed by atoms with Gasteiger partial charge >= 0.3 is 11.9 Å². The van der Waals surface area contributed by atoms with Gasteiger partial charge in [0.05, 0.1) is 37.1 Å². The number of nitrogens with zero attached hydrogens (tertiary/aromatic N) is 1. The zero-order chi connectivity index (χ0) is 17.1. The van der Waals surface area contributed by atoms with Crippen LogP contribution in [0.15, 0.2) is 27.9 Å². The van der Waals surface area contributed by atoms with E-state index in [0.717, 1.165) is 7.11 Å². The Kier molecular flexibility index (Phi) is 5.61. The molecule has 1 aromatic carbocycles. The van der Waals surface area contributed by atoms with Crippen LogP contribution in [0, 0.1) is 5.82 Å². The Hall–Kier alpha value is -1.64. The number of rotatable bonds is 3. The lowest BCUT2D eigenvalue weighted by Gasteiger charge is -2.31. The summed E-state index contributed by atoms with van der Waals surface area (Å²) < 4.78 is 29.5. The average Bonchev–Trinajstić information content (AvgIpc) is 2.55. The Morgan fingerprint density at radius 1 is 1.30 bits per heavy atom. The molecule has 0 N–H and O–H groups in total. The number of methoxy groups -OCH3 is 2.